The van der Waals surface area contributed by atoms with Crippen LogP contribution >= 0.6 is 0 Å². The van der Waals surface area contributed by atoms with Crippen LogP contribution in [0.15, 0.2) is 71.8 Å². The van der Waals surface area contributed by atoms with E-state index in [1.807, 2.05) is 69.3 Å². The smallest absolute Gasteiger partial charge is 0.329 e. The van der Waals surface area contributed by atoms with Crippen molar-refractivity contribution < 1.29 is 23.9 Å². The molecule has 198 valence electrons. The zero-order valence-electron chi connectivity index (χ0n) is 21.7. The fourth-order valence-electron chi connectivity index (χ4n) is 3.46. The summed E-state index contributed by atoms with van der Waals surface area (Å²) in [5, 5.41) is 9.27. The van der Waals surface area contributed by atoms with Crippen LogP contribution in [0, 0.1) is 6.92 Å². The molecule has 0 unspecified atom stereocenters. The number of ether oxygens (including phenoxy) is 2. The number of hydrogen-bond donors (Lipinski definition) is 3. The minimum Gasteiger partial charge on any atom is -0.490 e. The molecule has 0 aliphatic heterocycles. The van der Waals surface area contributed by atoms with Crippen LogP contribution in [0.3, 0.4) is 0 Å². The maximum absolute atomic E-state index is 12.4. The van der Waals surface area contributed by atoms with Crippen molar-refractivity contribution in [1.29, 1.82) is 0 Å². The Balaban J connectivity index is 1.53. The van der Waals surface area contributed by atoms with Gasteiger partial charge in [0.05, 0.1) is 12.8 Å². The van der Waals surface area contributed by atoms with Crippen LogP contribution < -0.4 is 25.5 Å². The van der Waals surface area contributed by atoms with Gasteiger partial charge in [0.1, 0.15) is 0 Å². The van der Waals surface area contributed by atoms with Crippen LogP contribution in [-0.4, -0.2) is 37.1 Å². The van der Waals surface area contributed by atoms with Gasteiger partial charge in [0.15, 0.2) is 18.1 Å². The van der Waals surface area contributed by atoms with Crippen molar-refractivity contribution in [2.45, 2.75) is 33.7 Å². The van der Waals surface area contributed by atoms with Gasteiger partial charge in [-0.15, -0.1) is 0 Å². The highest BCUT2D eigenvalue weighted by atomic mass is 16.5. The van der Waals surface area contributed by atoms with Crippen LogP contribution in [0.2, 0.25) is 0 Å². The summed E-state index contributed by atoms with van der Waals surface area (Å²) in [5.74, 6) is -1.15. The van der Waals surface area contributed by atoms with Gasteiger partial charge in [0, 0.05) is 12.2 Å². The predicted octanol–water partition coefficient (Wildman–Crippen LogP) is 3.74. The zero-order chi connectivity index (χ0) is 27.3. The van der Waals surface area contributed by atoms with Crippen LogP contribution in [0.1, 0.15) is 36.1 Å². The second-order valence-corrected chi connectivity index (χ2v) is 8.35. The van der Waals surface area contributed by atoms with Crippen molar-refractivity contribution in [1.82, 2.24) is 10.7 Å². The standard InChI is InChI=1S/C29H32N4O5/c1-4-23-8-6-7-9-24(23)32-27(34)19-38-25-15-14-22(16-26(25)37-5-2)18-31-33-29(36)28(35)30-17-21-12-10-20(3)11-13-21/h6-16,18H,4-5,17,19H2,1-3H3,(H,30,35)(H,32,34)(H,33,36)/b31-18-. The summed E-state index contributed by atoms with van der Waals surface area (Å²) < 4.78 is 11.3. The number of hydrogen-bond acceptors (Lipinski definition) is 6. The summed E-state index contributed by atoms with van der Waals surface area (Å²) in [7, 11) is 0. The summed E-state index contributed by atoms with van der Waals surface area (Å²) in [6, 6.07) is 20.2. The van der Waals surface area contributed by atoms with Crippen molar-refractivity contribution in [2.75, 3.05) is 18.5 Å². The minimum atomic E-state index is -0.881. The van der Waals surface area contributed by atoms with E-state index in [0.717, 1.165) is 28.8 Å². The number of hydrazone groups is 1. The lowest BCUT2D eigenvalue weighted by Crippen LogP contribution is -2.37. The van der Waals surface area contributed by atoms with Gasteiger partial charge in [-0.3, -0.25) is 14.4 Å². The first kappa shape index (κ1) is 27.9. The number of para-hydroxylation sites is 1. The average molecular weight is 517 g/mol. The average Bonchev–Trinajstić information content (AvgIpc) is 2.92. The first-order valence-electron chi connectivity index (χ1n) is 12.3. The summed E-state index contributed by atoms with van der Waals surface area (Å²) in [4.78, 5) is 36.5. The third-order valence-corrected chi connectivity index (χ3v) is 5.46. The molecule has 0 spiro atoms. The fraction of sp³-hybridized carbons (Fsp3) is 0.241. The van der Waals surface area contributed by atoms with E-state index in [1.54, 1.807) is 18.2 Å². The molecule has 0 fully saturated rings. The van der Waals surface area contributed by atoms with Crippen molar-refractivity contribution in [3.8, 4) is 11.5 Å². The lowest BCUT2D eigenvalue weighted by Gasteiger charge is -2.13. The molecule has 0 saturated carbocycles. The third kappa shape index (κ3) is 8.48. The number of carbonyl (C=O) groups is 3. The van der Waals surface area contributed by atoms with Gasteiger partial charge in [-0.1, -0.05) is 55.0 Å². The number of nitrogens with one attached hydrogen (secondary N) is 3. The van der Waals surface area contributed by atoms with Gasteiger partial charge < -0.3 is 20.1 Å². The number of anilines is 1. The fourth-order valence-corrected chi connectivity index (χ4v) is 3.46. The molecule has 0 aliphatic carbocycles. The highest BCUT2D eigenvalue weighted by Crippen LogP contribution is 2.28. The molecule has 9 heteroatoms. The minimum absolute atomic E-state index is 0.195. The normalized spacial score (nSPS) is 10.6. The number of benzene rings is 3. The summed E-state index contributed by atoms with van der Waals surface area (Å²) in [6.07, 6.45) is 2.18. The third-order valence-electron chi connectivity index (χ3n) is 5.46. The van der Waals surface area contributed by atoms with Crippen molar-refractivity contribution >= 4 is 29.6 Å². The molecule has 0 aliphatic rings. The number of rotatable bonds is 11. The van der Waals surface area contributed by atoms with E-state index in [4.69, 9.17) is 9.47 Å². The van der Waals surface area contributed by atoms with E-state index >= 15 is 0 Å². The molecule has 3 N–H and O–H groups in total. The molecule has 38 heavy (non-hydrogen) atoms. The SMILES string of the molecule is CCOc1cc(/C=N\NC(=O)C(=O)NCc2ccc(C)cc2)ccc1OCC(=O)Nc1ccccc1CC. The van der Waals surface area contributed by atoms with Gasteiger partial charge in [-0.2, -0.15) is 5.10 Å². The molecular weight excluding hydrogens is 484 g/mol. The maximum atomic E-state index is 12.4. The predicted molar refractivity (Wildman–Crippen MR) is 146 cm³/mol. The lowest BCUT2D eigenvalue weighted by molar-refractivity contribution is -0.139. The molecule has 3 aromatic carbocycles. The quantitative estimate of drug-likeness (QED) is 0.204. The molecule has 0 bridgehead atoms. The largest absolute Gasteiger partial charge is 0.490 e. The molecule has 3 aromatic rings. The molecule has 9 nitrogen and oxygen atoms in total. The Bertz CT molecular complexity index is 1290. The van der Waals surface area contributed by atoms with Gasteiger partial charge in [0.25, 0.3) is 5.91 Å². The van der Waals surface area contributed by atoms with Crippen molar-refractivity contribution in [3.05, 3.63) is 89.0 Å². The van der Waals surface area contributed by atoms with E-state index < -0.39 is 11.8 Å². The molecule has 0 radical (unpaired) electrons. The Hall–Kier alpha value is -4.66. The number of amides is 3. The van der Waals surface area contributed by atoms with Crippen molar-refractivity contribution in [3.63, 3.8) is 0 Å². The van der Waals surface area contributed by atoms with Crippen LogP contribution in [0.5, 0.6) is 11.5 Å². The Morgan fingerprint density at radius 3 is 2.39 bits per heavy atom. The summed E-state index contributed by atoms with van der Waals surface area (Å²) >= 11 is 0. The van der Waals surface area contributed by atoms with Gasteiger partial charge >= 0.3 is 11.8 Å². The highest BCUT2D eigenvalue weighted by molar-refractivity contribution is 6.35. The van der Waals surface area contributed by atoms with Crippen LogP contribution in [0.4, 0.5) is 5.69 Å². The Morgan fingerprint density at radius 1 is 0.895 bits per heavy atom. The van der Waals surface area contributed by atoms with E-state index in [0.29, 0.717) is 23.7 Å². The Morgan fingerprint density at radius 2 is 1.66 bits per heavy atom. The Labute approximate surface area is 222 Å². The zero-order valence-corrected chi connectivity index (χ0v) is 21.7. The van der Waals surface area contributed by atoms with Gasteiger partial charge in [-0.25, -0.2) is 5.43 Å². The number of carbonyl (C=O) groups excluding carboxylic acids is 3. The summed E-state index contributed by atoms with van der Waals surface area (Å²) in [6.45, 7) is 6.24. The van der Waals surface area contributed by atoms with Crippen molar-refractivity contribution in [2.24, 2.45) is 5.10 Å². The van der Waals surface area contributed by atoms with Crippen LogP contribution in [-0.2, 0) is 27.3 Å². The highest BCUT2D eigenvalue weighted by Gasteiger charge is 2.13. The molecule has 3 rings (SSSR count). The molecule has 0 atom stereocenters. The topological polar surface area (TPSA) is 118 Å². The first-order valence-corrected chi connectivity index (χ1v) is 12.3. The first-order chi connectivity index (χ1) is 18.4. The van der Waals surface area contributed by atoms with Crippen LogP contribution in [0.25, 0.3) is 0 Å². The van der Waals surface area contributed by atoms with E-state index in [-0.39, 0.29) is 19.1 Å². The molecule has 0 heterocycles. The second-order valence-electron chi connectivity index (χ2n) is 8.35. The summed E-state index contributed by atoms with van der Waals surface area (Å²) in [5.41, 5.74) is 6.59. The molecule has 0 saturated heterocycles. The molecule has 0 aromatic heterocycles. The van der Waals surface area contributed by atoms with E-state index in [9.17, 15) is 14.4 Å². The second kappa shape index (κ2) is 14.2. The monoisotopic (exact) mass is 516 g/mol. The molecule has 3 amide bonds. The number of nitrogens with zero attached hydrogens (tertiary/aromatic N) is 1. The van der Waals surface area contributed by atoms with E-state index in [1.165, 1.54) is 6.21 Å². The van der Waals surface area contributed by atoms with E-state index in [2.05, 4.69) is 21.2 Å². The van der Waals surface area contributed by atoms with Gasteiger partial charge in [-0.05, 0) is 61.2 Å². The maximum Gasteiger partial charge on any atom is 0.329 e. The van der Waals surface area contributed by atoms with Gasteiger partial charge in [0.2, 0.25) is 0 Å². The lowest BCUT2D eigenvalue weighted by atomic mass is 10.1. The molecular formula is C29H32N4O5. The Kier molecular flexibility index (Phi) is 10.4. The number of aryl methyl sites for hydroxylation is 2.